The van der Waals surface area contributed by atoms with Gasteiger partial charge in [-0.25, -0.2) is 4.98 Å². The molecule has 2 aromatic heterocycles. The van der Waals surface area contributed by atoms with Gasteiger partial charge >= 0.3 is 0 Å². The number of rotatable bonds is 7. The number of carbonyl (C=O) groups excluding carboxylic acids is 1. The Hall–Kier alpha value is -3.62. The molecule has 0 radical (unpaired) electrons. The molecular formula is C28H33N7O. The van der Waals surface area contributed by atoms with E-state index in [2.05, 4.69) is 65.0 Å². The summed E-state index contributed by atoms with van der Waals surface area (Å²) in [5, 5.41) is 3.08. The third-order valence-corrected chi connectivity index (χ3v) is 6.88. The minimum Gasteiger partial charge on any atom is -0.331 e. The predicted molar refractivity (Wildman–Crippen MR) is 141 cm³/mol. The number of hydrogen-bond acceptors (Lipinski definition) is 6. The molecule has 0 spiro atoms. The molecule has 1 aliphatic rings. The Morgan fingerprint density at radius 1 is 1.06 bits per heavy atom. The maximum absolute atomic E-state index is 13.0. The van der Waals surface area contributed by atoms with Gasteiger partial charge in [-0.3, -0.25) is 24.6 Å². The third kappa shape index (κ3) is 5.95. The van der Waals surface area contributed by atoms with E-state index in [1.54, 1.807) is 12.4 Å². The standard InChI is InChI=1S/C28H33N7O/c1-21-31-26-15-24(8-9-27(26)33(21)2)32-28(36)20-35-13-12-34(17-22-6-4-3-5-7-22)18-23(19-35)14-25-16-29-10-11-30-25/h3-11,15-16,23H,12-14,17-20H2,1-2H3,(H,32,36). The zero-order chi connectivity index (χ0) is 24.9. The molecule has 1 atom stereocenters. The van der Waals surface area contributed by atoms with E-state index in [-0.39, 0.29) is 5.91 Å². The number of nitrogens with zero attached hydrogens (tertiary/aromatic N) is 6. The lowest BCUT2D eigenvalue weighted by Crippen LogP contribution is -2.37. The van der Waals surface area contributed by atoms with Gasteiger partial charge in [-0.05, 0) is 43.0 Å². The van der Waals surface area contributed by atoms with E-state index >= 15 is 0 Å². The minimum absolute atomic E-state index is 0.00300. The number of aromatic nitrogens is 4. The number of fused-ring (bicyclic) bond motifs is 1. The fourth-order valence-corrected chi connectivity index (χ4v) is 5.04. The molecule has 1 amide bonds. The molecule has 3 heterocycles. The highest BCUT2D eigenvalue weighted by molar-refractivity contribution is 5.94. The summed E-state index contributed by atoms with van der Waals surface area (Å²) in [6.45, 7) is 6.80. The second-order valence-corrected chi connectivity index (χ2v) is 9.69. The van der Waals surface area contributed by atoms with Crippen LogP contribution in [0.3, 0.4) is 0 Å². The van der Waals surface area contributed by atoms with Gasteiger partial charge in [0.1, 0.15) is 5.82 Å². The third-order valence-electron chi connectivity index (χ3n) is 6.88. The summed E-state index contributed by atoms with van der Waals surface area (Å²) in [6.07, 6.45) is 6.14. The number of imidazole rings is 1. The molecule has 1 saturated heterocycles. The lowest BCUT2D eigenvalue weighted by Gasteiger charge is -2.24. The van der Waals surface area contributed by atoms with Gasteiger partial charge in [-0.2, -0.15) is 0 Å². The normalized spacial score (nSPS) is 17.2. The topological polar surface area (TPSA) is 79.2 Å². The first-order valence-electron chi connectivity index (χ1n) is 12.5. The van der Waals surface area contributed by atoms with Gasteiger partial charge in [-0.1, -0.05) is 30.3 Å². The first-order valence-corrected chi connectivity index (χ1v) is 12.5. The Bertz CT molecular complexity index is 1310. The smallest absolute Gasteiger partial charge is 0.238 e. The Kier molecular flexibility index (Phi) is 7.34. The van der Waals surface area contributed by atoms with E-state index in [4.69, 9.17) is 0 Å². The Labute approximate surface area is 212 Å². The summed E-state index contributed by atoms with van der Waals surface area (Å²) in [5.74, 6) is 1.30. The van der Waals surface area contributed by atoms with Crippen molar-refractivity contribution < 1.29 is 4.79 Å². The van der Waals surface area contributed by atoms with Crippen LogP contribution in [0.2, 0.25) is 0 Å². The number of nitrogens with one attached hydrogen (secondary N) is 1. The predicted octanol–water partition coefficient (Wildman–Crippen LogP) is 3.29. The molecule has 1 fully saturated rings. The van der Waals surface area contributed by atoms with Crippen LogP contribution in [0.5, 0.6) is 0 Å². The molecule has 1 N–H and O–H groups in total. The van der Waals surface area contributed by atoms with Gasteiger partial charge in [0.15, 0.2) is 0 Å². The van der Waals surface area contributed by atoms with Gasteiger partial charge in [-0.15, -0.1) is 0 Å². The Balaban J connectivity index is 1.26. The molecule has 8 heteroatoms. The summed E-state index contributed by atoms with van der Waals surface area (Å²) >= 11 is 0. The van der Waals surface area contributed by atoms with Crippen molar-refractivity contribution in [3.63, 3.8) is 0 Å². The fraction of sp³-hybridized carbons (Fsp3) is 0.357. The van der Waals surface area contributed by atoms with E-state index in [9.17, 15) is 4.79 Å². The van der Waals surface area contributed by atoms with Gasteiger partial charge in [0.2, 0.25) is 5.91 Å². The van der Waals surface area contributed by atoms with Crippen LogP contribution < -0.4 is 5.32 Å². The minimum atomic E-state index is -0.00300. The molecule has 0 aliphatic carbocycles. The molecule has 1 unspecified atom stereocenters. The maximum atomic E-state index is 13.0. The molecule has 0 bridgehead atoms. The second-order valence-electron chi connectivity index (χ2n) is 9.69. The fourth-order valence-electron chi connectivity index (χ4n) is 5.04. The summed E-state index contributed by atoms with van der Waals surface area (Å²) in [4.78, 5) is 31.1. The van der Waals surface area contributed by atoms with E-state index < -0.39 is 0 Å². The quantitative estimate of drug-likeness (QED) is 0.435. The molecule has 2 aromatic carbocycles. The zero-order valence-electron chi connectivity index (χ0n) is 21.0. The summed E-state index contributed by atoms with van der Waals surface area (Å²) in [7, 11) is 2.00. The summed E-state index contributed by atoms with van der Waals surface area (Å²) < 4.78 is 2.05. The lowest BCUT2D eigenvalue weighted by molar-refractivity contribution is -0.117. The number of amides is 1. The van der Waals surface area contributed by atoms with Crippen LogP contribution in [0.15, 0.2) is 67.1 Å². The SMILES string of the molecule is Cc1nc2cc(NC(=O)CN3CCN(Cc4ccccc4)CC(Cc4cnccn4)C3)ccc2n1C. The highest BCUT2D eigenvalue weighted by Gasteiger charge is 2.25. The van der Waals surface area contributed by atoms with Crippen LogP contribution in [0.1, 0.15) is 17.1 Å². The number of anilines is 1. The maximum Gasteiger partial charge on any atom is 0.238 e. The summed E-state index contributed by atoms with van der Waals surface area (Å²) in [5.41, 5.74) is 5.03. The van der Waals surface area contributed by atoms with Crippen molar-refractivity contribution in [3.8, 4) is 0 Å². The van der Waals surface area contributed by atoms with Crippen LogP contribution in [0.25, 0.3) is 11.0 Å². The van der Waals surface area contributed by atoms with Crippen molar-refractivity contribution in [2.45, 2.75) is 19.9 Å². The number of benzene rings is 2. The summed E-state index contributed by atoms with van der Waals surface area (Å²) in [6, 6.07) is 16.5. The molecular weight excluding hydrogens is 450 g/mol. The van der Waals surface area contributed by atoms with E-state index in [1.807, 2.05) is 38.4 Å². The highest BCUT2D eigenvalue weighted by atomic mass is 16.2. The number of carbonyl (C=O) groups is 1. The monoisotopic (exact) mass is 483 g/mol. The van der Waals surface area contributed by atoms with Crippen molar-refractivity contribution in [2.24, 2.45) is 13.0 Å². The first-order chi connectivity index (χ1) is 17.5. The van der Waals surface area contributed by atoms with Crippen LogP contribution in [-0.2, 0) is 24.8 Å². The Morgan fingerprint density at radius 2 is 1.86 bits per heavy atom. The first kappa shape index (κ1) is 24.1. The zero-order valence-corrected chi connectivity index (χ0v) is 21.0. The van der Waals surface area contributed by atoms with E-state index in [0.717, 1.165) is 67.4 Å². The van der Waals surface area contributed by atoms with Crippen molar-refractivity contribution in [3.05, 3.63) is 84.2 Å². The van der Waals surface area contributed by atoms with Crippen molar-refractivity contribution in [2.75, 3.05) is 38.0 Å². The number of aryl methyl sites for hydroxylation is 2. The molecule has 1 aliphatic heterocycles. The number of hydrogen-bond donors (Lipinski definition) is 1. The van der Waals surface area contributed by atoms with Gasteiger partial charge in [0.05, 0.1) is 23.3 Å². The molecule has 0 saturated carbocycles. The molecule has 5 rings (SSSR count). The van der Waals surface area contributed by atoms with Gasteiger partial charge in [0.25, 0.3) is 0 Å². The second kappa shape index (κ2) is 11.0. The van der Waals surface area contributed by atoms with Crippen molar-refractivity contribution in [1.82, 2.24) is 29.3 Å². The highest BCUT2D eigenvalue weighted by Crippen LogP contribution is 2.20. The van der Waals surface area contributed by atoms with Crippen LogP contribution in [-0.4, -0.2) is 67.9 Å². The molecule has 36 heavy (non-hydrogen) atoms. The van der Waals surface area contributed by atoms with Gasteiger partial charge < -0.3 is 9.88 Å². The van der Waals surface area contributed by atoms with Crippen molar-refractivity contribution in [1.29, 1.82) is 0 Å². The average Bonchev–Trinajstić information content (AvgIpc) is 3.03. The average molecular weight is 484 g/mol. The molecule has 8 nitrogen and oxygen atoms in total. The van der Waals surface area contributed by atoms with E-state index in [0.29, 0.717) is 12.5 Å². The van der Waals surface area contributed by atoms with Crippen LogP contribution >= 0.6 is 0 Å². The largest absolute Gasteiger partial charge is 0.331 e. The van der Waals surface area contributed by atoms with Crippen LogP contribution in [0, 0.1) is 12.8 Å². The lowest BCUT2D eigenvalue weighted by atomic mass is 10.0. The molecule has 4 aromatic rings. The van der Waals surface area contributed by atoms with E-state index in [1.165, 1.54) is 5.56 Å². The molecule has 186 valence electrons. The van der Waals surface area contributed by atoms with Crippen molar-refractivity contribution >= 4 is 22.6 Å². The van der Waals surface area contributed by atoms with Crippen LogP contribution in [0.4, 0.5) is 5.69 Å². The van der Waals surface area contributed by atoms with Gasteiger partial charge in [0, 0.05) is 64.0 Å². The Morgan fingerprint density at radius 3 is 2.67 bits per heavy atom.